The molecule has 1 heterocycles. The summed E-state index contributed by atoms with van der Waals surface area (Å²) in [6, 6.07) is 6.26. The monoisotopic (exact) mass is 325 g/mol. The highest BCUT2D eigenvalue weighted by molar-refractivity contribution is 7.89. The zero-order chi connectivity index (χ0) is 16.2. The van der Waals surface area contributed by atoms with Crippen LogP contribution in [0.5, 0.6) is 0 Å². The molecule has 1 saturated heterocycles. The molecule has 1 aliphatic heterocycles. The Bertz CT molecular complexity index is 603. The summed E-state index contributed by atoms with van der Waals surface area (Å²) in [7, 11) is -3.47. The molecule has 122 valence electrons. The molecule has 7 heteroatoms. The molecule has 22 heavy (non-hydrogen) atoms. The minimum atomic E-state index is -3.47. The molecule has 1 aromatic rings. The lowest BCUT2D eigenvalue weighted by molar-refractivity contribution is 0.0940. The fraction of sp³-hybridized carbons (Fsp3) is 0.533. The smallest absolute Gasteiger partial charge is 0.251 e. The van der Waals surface area contributed by atoms with Crippen molar-refractivity contribution in [3.63, 3.8) is 0 Å². The number of rotatable bonds is 6. The van der Waals surface area contributed by atoms with Gasteiger partial charge >= 0.3 is 0 Å². The maximum atomic E-state index is 12.4. The molecule has 1 unspecified atom stereocenters. The van der Waals surface area contributed by atoms with Gasteiger partial charge in [0.15, 0.2) is 0 Å². The van der Waals surface area contributed by atoms with Gasteiger partial charge in [-0.05, 0) is 37.2 Å². The van der Waals surface area contributed by atoms with Crippen LogP contribution in [0, 0.1) is 0 Å². The normalized spacial score (nSPS) is 18.6. The number of carbonyl (C=O) groups excluding carboxylic acids is 1. The van der Waals surface area contributed by atoms with E-state index < -0.39 is 10.0 Å². The zero-order valence-corrected chi connectivity index (χ0v) is 13.8. The van der Waals surface area contributed by atoms with E-state index in [9.17, 15) is 13.2 Å². The fourth-order valence-corrected chi connectivity index (χ4v) is 4.00. The number of hydrogen-bond acceptors (Lipinski definition) is 4. The zero-order valence-electron chi connectivity index (χ0n) is 13.0. The first-order valence-corrected chi connectivity index (χ1v) is 9.04. The van der Waals surface area contributed by atoms with E-state index in [1.165, 1.54) is 16.4 Å². The Labute approximate surface area is 131 Å². The van der Waals surface area contributed by atoms with E-state index in [0.29, 0.717) is 18.7 Å². The Morgan fingerprint density at radius 3 is 2.41 bits per heavy atom. The van der Waals surface area contributed by atoms with Gasteiger partial charge in [-0.2, -0.15) is 4.31 Å². The highest BCUT2D eigenvalue weighted by Crippen LogP contribution is 2.16. The second kappa shape index (κ2) is 7.21. The van der Waals surface area contributed by atoms with Crippen molar-refractivity contribution >= 4 is 15.9 Å². The lowest BCUT2D eigenvalue weighted by Gasteiger charge is -2.18. The number of carbonyl (C=O) groups is 1. The Kier molecular flexibility index (Phi) is 5.55. The van der Waals surface area contributed by atoms with Crippen molar-refractivity contribution in [2.24, 2.45) is 0 Å². The van der Waals surface area contributed by atoms with Crippen LogP contribution in [0.2, 0.25) is 0 Å². The molecule has 0 spiro atoms. The number of sulfonamides is 1. The Morgan fingerprint density at radius 1 is 1.27 bits per heavy atom. The van der Waals surface area contributed by atoms with E-state index >= 15 is 0 Å². The molecule has 1 fully saturated rings. The van der Waals surface area contributed by atoms with Gasteiger partial charge in [0.2, 0.25) is 10.0 Å². The van der Waals surface area contributed by atoms with Gasteiger partial charge < -0.3 is 10.6 Å². The van der Waals surface area contributed by atoms with Crippen LogP contribution >= 0.6 is 0 Å². The summed E-state index contributed by atoms with van der Waals surface area (Å²) in [4.78, 5) is 12.3. The van der Waals surface area contributed by atoms with Gasteiger partial charge in [-0.3, -0.25) is 4.79 Å². The third-order valence-corrected chi connectivity index (χ3v) is 5.92. The van der Waals surface area contributed by atoms with Gasteiger partial charge in [0.1, 0.15) is 0 Å². The van der Waals surface area contributed by atoms with Crippen molar-refractivity contribution < 1.29 is 13.2 Å². The lowest BCUT2D eigenvalue weighted by atomic mass is 10.2. The SMILES string of the molecule is CCN(CC)S(=O)(=O)c1ccc(C(=O)NC2CCNC2)cc1. The minimum absolute atomic E-state index is 0.145. The maximum Gasteiger partial charge on any atom is 0.251 e. The van der Waals surface area contributed by atoms with Crippen molar-refractivity contribution in [3.8, 4) is 0 Å². The molecule has 1 aliphatic rings. The van der Waals surface area contributed by atoms with E-state index in [-0.39, 0.29) is 16.8 Å². The molecular formula is C15H23N3O3S. The van der Waals surface area contributed by atoms with Crippen molar-refractivity contribution in [1.29, 1.82) is 0 Å². The van der Waals surface area contributed by atoms with Crippen LogP contribution in [0.1, 0.15) is 30.6 Å². The number of amides is 1. The second-order valence-corrected chi connectivity index (χ2v) is 7.21. The first-order chi connectivity index (χ1) is 10.5. The summed E-state index contributed by atoms with van der Waals surface area (Å²) in [5.41, 5.74) is 0.477. The topological polar surface area (TPSA) is 78.5 Å². The number of nitrogens with zero attached hydrogens (tertiary/aromatic N) is 1. The van der Waals surface area contributed by atoms with E-state index in [1.807, 2.05) is 0 Å². The predicted molar refractivity (Wildman–Crippen MR) is 85.3 cm³/mol. The number of benzene rings is 1. The highest BCUT2D eigenvalue weighted by atomic mass is 32.2. The molecule has 0 aliphatic carbocycles. The van der Waals surface area contributed by atoms with E-state index in [4.69, 9.17) is 0 Å². The molecule has 1 aromatic carbocycles. The molecular weight excluding hydrogens is 302 g/mol. The average Bonchev–Trinajstić information content (AvgIpc) is 3.01. The van der Waals surface area contributed by atoms with Crippen molar-refractivity contribution in [2.75, 3.05) is 26.2 Å². The predicted octanol–water partition coefficient (Wildman–Crippen LogP) is 0.809. The van der Waals surface area contributed by atoms with Gasteiger partial charge in [-0.1, -0.05) is 13.8 Å². The molecule has 2 N–H and O–H groups in total. The third-order valence-electron chi connectivity index (χ3n) is 3.86. The molecule has 2 rings (SSSR count). The lowest BCUT2D eigenvalue weighted by Crippen LogP contribution is -2.36. The van der Waals surface area contributed by atoms with Gasteiger partial charge in [-0.15, -0.1) is 0 Å². The molecule has 1 amide bonds. The number of hydrogen-bond donors (Lipinski definition) is 2. The van der Waals surface area contributed by atoms with E-state index in [2.05, 4.69) is 10.6 Å². The minimum Gasteiger partial charge on any atom is -0.348 e. The molecule has 0 radical (unpaired) electrons. The Morgan fingerprint density at radius 2 is 1.91 bits per heavy atom. The molecule has 0 saturated carbocycles. The van der Waals surface area contributed by atoms with Crippen molar-refractivity contribution in [3.05, 3.63) is 29.8 Å². The van der Waals surface area contributed by atoms with Crippen LogP contribution in [-0.2, 0) is 10.0 Å². The summed E-state index contributed by atoms with van der Waals surface area (Å²) >= 11 is 0. The standard InChI is InChI=1S/C15H23N3O3S/c1-3-18(4-2)22(20,21)14-7-5-12(6-8-14)15(19)17-13-9-10-16-11-13/h5-8,13,16H,3-4,9-11H2,1-2H3,(H,17,19). The molecule has 6 nitrogen and oxygen atoms in total. The van der Waals surface area contributed by atoms with Gasteiger partial charge in [0, 0.05) is 31.2 Å². The van der Waals surface area contributed by atoms with Crippen LogP contribution in [-0.4, -0.2) is 50.9 Å². The van der Waals surface area contributed by atoms with Crippen molar-refractivity contribution in [1.82, 2.24) is 14.9 Å². The van der Waals surface area contributed by atoms with Crippen LogP contribution in [0.3, 0.4) is 0 Å². The largest absolute Gasteiger partial charge is 0.348 e. The second-order valence-electron chi connectivity index (χ2n) is 5.28. The first-order valence-electron chi connectivity index (χ1n) is 7.60. The summed E-state index contributed by atoms with van der Waals surface area (Å²) in [6.45, 7) is 6.15. The van der Waals surface area contributed by atoms with Crippen LogP contribution < -0.4 is 10.6 Å². The quantitative estimate of drug-likeness (QED) is 0.811. The van der Waals surface area contributed by atoms with E-state index in [1.54, 1.807) is 26.0 Å². The van der Waals surface area contributed by atoms with Crippen LogP contribution in [0.15, 0.2) is 29.2 Å². The molecule has 1 atom stereocenters. The molecule has 0 bridgehead atoms. The van der Waals surface area contributed by atoms with E-state index in [0.717, 1.165) is 19.5 Å². The summed E-state index contributed by atoms with van der Waals surface area (Å²) in [5, 5.41) is 6.12. The molecule has 0 aromatic heterocycles. The fourth-order valence-electron chi connectivity index (χ4n) is 2.54. The third kappa shape index (κ3) is 3.66. The number of nitrogens with one attached hydrogen (secondary N) is 2. The van der Waals surface area contributed by atoms with Gasteiger partial charge in [0.25, 0.3) is 5.91 Å². The highest BCUT2D eigenvalue weighted by Gasteiger charge is 2.22. The van der Waals surface area contributed by atoms with Crippen molar-refractivity contribution in [2.45, 2.75) is 31.2 Å². The Balaban J connectivity index is 2.11. The summed E-state index contributed by atoms with van der Waals surface area (Å²) in [5.74, 6) is -0.166. The van der Waals surface area contributed by atoms with Gasteiger partial charge in [-0.25, -0.2) is 8.42 Å². The van der Waals surface area contributed by atoms with Crippen LogP contribution in [0.4, 0.5) is 0 Å². The summed E-state index contributed by atoms with van der Waals surface area (Å²) < 4.78 is 26.1. The van der Waals surface area contributed by atoms with Crippen LogP contribution in [0.25, 0.3) is 0 Å². The Hall–Kier alpha value is -1.44. The average molecular weight is 325 g/mol. The maximum absolute atomic E-state index is 12.4. The summed E-state index contributed by atoms with van der Waals surface area (Å²) in [6.07, 6.45) is 0.917. The van der Waals surface area contributed by atoms with Gasteiger partial charge in [0.05, 0.1) is 4.90 Å². The first kappa shape index (κ1) is 16.9.